The van der Waals surface area contributed by atoms with Crippen molar-refractivity contribution in [1.29, 1.82) is 0 Å². The summed E-state index contributed by atoms with van der Waals surface area (Å²) < 4.78 is 4.93. The highest BCUT2D eigenvalue weighted by Crippen LogP contribution is 2.40. The van der Waals surface area contributed by atoms with E-state index >= 15 is 0 Å². The van der Waals surface area contributed by atoms with E-state index in [4.69, 9.17) is 9.84 Å². The maximum absolute atomic E-state index is 11.9. The molecular formula is C13H22O3. The quantitative estimate of drug-likeness (QED) is 0.591. The average molecular weight is 226 g/mol. The summed E-state index contributed by atoms with van der Waals surface area (Å²) in [6, 6.07) is 0. The molecule has 1 rings (SSSR count). The smallest absolute Gasteiger partial charge is 0.312 e. The van der Waals surface area contributed by atoms with Gasteiger partial charge in [-0.1, -0.05) is 30.9 Å². The van der Waals surface area contributed by atoms with Crippen LogP contribution in [0, 0.1) is 5.41 Å². The van der Waals surface area contributed by atoms with E-state index in [-0.39, 0.29) is 18.0 Å². The molecule has 0 aliphatic heterocycles. The van der Waals surface area contributed by atoms with Gasteiger partial charge in [0.15, 0.2) is 0 Å². The summed E-state index contributed by atoms with van der Waals surface area (Å²) in [7, 11) is 1.46. The molecule has 0 bridgehead atoms. The molecule has 1 N–H and O–H groups in total. The number of aliphatic hydroxyl groups excluding tert-OH is 1. The second kappa shape index (κ2) is 6.04. The molecule has 1 aliphatic rings. The van der Waals surface area contributed by atoms with Crippen LogP contribution in [0.1, 0.15) is 45.4 Å². The molecule has 16 heavy (non-hydrogen) atoms. The van der Waals surface area contributed by atoms with E-state index in [1.807, 2.05) is 13.0 Å². The molecule has 3 nitrogen and oxygen atoms in total. The van der Waals surface area contributed by atoms with Crippen molar-refractivity contribution in [3.05, 3.63) is 11.6 Å². The Hall–Kier alpha value is -0.830. The van der Waals surface area contributed by atoms with Crippen molar-refractivity contribution in [1.82, 2.24) is 0 Å². The van der Waals surface area contributed by atoms with Crippen molar-refractivity contribution >= 4 is 5.97 Å². The van der Waals surface area contributed by atoms with Crippen LogP contribution in [0.5, 0.6) is 0 Å². The third kappa shape index (κ3) is 3.08. The molecule has 0 aromatic carbocycles. The fourth-order valence-electron chi connectivity index (χ4n) is 2.37. The van der Waals surface area contributed by atoms with Gasteiger partial charge in [-0.3, -0.25) is 4.79 Å². The second-order valence-corrected chi connectivity index (χ2v) is 4.75. The number of ether oxygens (including phenoxy) is 1. The van der Waals surface area contributed by atoms with Gasteiger partial charge in [0.2, 0.25) is 0 Å². The second-order valence-electron chi connectivity index (χ2n) is 4.75. The van der Waals surface area contributed by atoms with Crippen molar-refractivity contribution in [3.8, 4) is 0 Å². The van der Waals surface area contributed by atoms with Crippen LogP contribution in [-0.2, 0) is 9.53 Å². The number of hydrogen-bond acceptors (Lipinski definition) is 3. The molecular weight excluding hydrogens is 204 g/mol. The third-order valence-electron chi connectivity index (χ3n) is 3.52. The van der Waals surface area contributed by atoms with Gasteiger partial charge >= 0.3 is 5.97 Å². The van der Waals surface area contributed by atoms with E-state index in [0.717, 1.165) is 31.3 Å². The highest BCUT2D eigenvalue weighted by atomic mass is 16.5. The van der Waals surface area contributed by atoms with Crippen LogP contribution in [-0.4, -0.2) is 24.8 Å². The summed E-state index contributed by atoms with van der Waals surface area (Å²) in [5.74, 6) is -0.0887. The van der Waals surface area contributed by atoms with Gasteiger partial charge in [0, 0.05) is 0 Å². The first-order valence-corrected chi connectivity index (χ1v) is 5.99. The molecule has 0 atom stereocenters. The zero-order valence-corrected chi connectivity index (χ0v) is 10.3. The molecule has 0 aromatic rings. The van der Waals surface area contributed by atoms with Crippen molar-refractivity contribution < 1.29 is 14.6 Å². The Labute approximate surface area is 97.5 Å². The largest absolute Gasteiger partial charge is 0.469 e. The third-order valence-corrected chi connectivity index (χ3v) is 3.52. The molecule has 0 spiro atoms. The van der Waals surface area contributed by atoms with Gasteiger partial charge in [0.25, 0.3) is 0 Å². The maximum Gasteiger partial charge on any atom is 0.312 e. The number of esters is 1. The standard InChI is InChI=1S/C13H22O3/c1-11(10-14)6-9-13(12(15)16-2)7-4-3-5-8-13/h6,14H,3-5,7-10H2,1-2H3/b11-6+. The molecule has 1 aliphatic carbocycles. The van der Waals surface area contributed by atoms with E-state index < -0.39 is 0 Å². The maximum atomic E-state index is 11.9. The van der Waals surface area contributed by atoms with Crippen LogP contribution in [0.2, 0.25) is 0 Å². The SMILES string of the molecule is COC(=O)C1(C/C=C(\C)CO)CCCCC1. The van der Waals surface area contributed by atoms with Crippen molar-refractivity contribution in [2.45, 2.75) is 45.4 Å². The first-order chi connectivity index (χ1) is 7.64. The minimum atomic E-state index is -0.330. The van der Waals surface area contributed by atoms with Crippen molar-refractivity contribution in [2.24, 2.45) is 5.41 Å². The number of aliphatic hydroxyl groups is 1. The number of methoxy groups -OCH3 is 1. The molecule has 0 radical (unpaired) electrons. The summed E-state index contributed by atoms with van der Waals surface area (Å²) in [4.78, 5) is 11.9. The molecule has 0 saturated heterocycles. The zero-order valence-electron chi connectivity index (χ0n) is 10.3. The number of carbonyl (C=O) groups excluding carboxylic acids is 1. The van der Waals surface area contributed by atoms with Crippen LogP contribution >= 0.6 is 0 Å². The van der Waals surface area contributed by atoms with E-state index in [0.29, 0.717) is 6.42 Å². The van der Waals surface area contributed by atoms with Gasteiger partial charge in [-0.15, -0.1) is 0 Å². The van der Waals surface area contributed by atoms with Gasteiger partial charge in [0.05, 0.1) is 19.1 Å². The summed E-state index contributed by atoms with van der Waals surface area (Å²) >= 11 is 0. The Morgan fingerprint density at radius 3 is 2.50 bits per heavy atom. The summed E-state index contributed by atoms with van der Waals surface area (Å²) in [5, 5.41) is 8.96. The monoisotopic (exact) mass is 226 g/mol. The minimum Gasteiger partial charge on any atom is -0.469 e. The highest BCUT2D eigenvalue weighted by molar-refractivity contribution is 5.77. The van der Waals surface area contributed by atoms with E-state index in [1.165, 1.54) is 13.5 Å². The first kappa shape index (κ1) is 13.2. The Balaban J connectivity index is 2.74. The van der Waals surface area contributed by atoms with Gasteiger partial charge in [-0.05, 0) is 26.2 Å². The Morgan fingerprint density at radius 1 is 1.38 bits per heavy atom. The van der Waals surface area contributed by atoms with Gasteiger partial charge in [0.1, 0.15) is 0 Å². The minimum absolute atomic E-state index is 0.0667. The zero-order chi connectivity index (χ0) is 12.0. The summed E-state index contributed by atoms with van der Waals surface area (Å²) in [6.07, 6.45) is 7.90. The Morgan fingerprint density at radius 2 is 2.00 bits per heavy atom. The van der Waals surface area contributed by atoms with Crippen molar-refractivity contribution in [3.63, 3.8) is 0 Å². The lowest BCUT2D eigenvalue weighted by atomic mass is 9.71. The first-order valence-electron chi connectivity index (χ1n) is 5.99. The number of hydrogen-bond donors (Lipinski definition) is 1. The van der Waals surface area contributed by atoms with Gasteiger partial charge in [-0.2, -0.15) is 0 Å². The Bertz CT molecular complexity index is 262. The normalized spacial score (nSPS) is 20.6. The fourth-order valence-corrected chi connectivity index (χ4v) is 2.37. The summed E-state index contributed by atoms with van der Waals surface area (Å²) in [6.45, 7) is 1.95. The number of rotatable bonds is 4. The molecule has 0 unspecified atom stereocenters. The van der Waals surface area contributed by atoms with Gasteiger partial charge in [-0.25, -0.2) is 0 Å². The van der Waals surface area contributed by atoms with Crippen LogP contribution < -0.4 is 0 Å². The molecule has 0 heterocycles. The van der Waals surface area contributed by atoms with Crippen LogP contribution in [0.25, 0.3) is 0 Å². The fraction of sp³-hybridized carbons (Fsp3) is 0.769. The molecule has 92 valence electrons. The molecule has 0 aromatic heterocycles. The molecule has 3 heteroatoms. The lowest BCUT2D eigenvalue weighted by Crippen LogP contribution is -2.34. The molecule has 1 saturated carbocycles. The van der Waals surface area contributed by atoms with E-state index in [2.05, 4.69) is 0 Å². The van der Waals surface area contributed by atoms with E-state index in [9.17, 15) is 4.79 Å². The topological polar surface area (TPSA) is 46.5 Å². The lowest BCUT2D eigenvalue weighted by Gasteiger charge is -2.33. The number of carbonyl (C=O) groups is 1. The predicted octanol–water partition coefficient (Wildman–Crippen LogP) is 2.44. The van der Waals surface area contributed by atoms with Crippen molar-refractivity contribution in [2.75, 3.05) is 13.7 Å². The highest BCUT2D eigenvalue weighted by Gasteiger charge is 2.39. The summed E-state index contributed by atoms with van der Waals surface area (Å²) in [5.41, 5.74) is 0.595. The molecule has 0 amide bonds. The Kier molecular flexibility index (Phi) is 5.00. The van der Waals surface area contributed by atoms with Gasteiger partial charge < -0.3 is 9.84 Å². The average Bonchev–Trinajstić information content (AvgIpc) is 2.36. The van der Waals surface area contributed by atoms with E-state index in [1.54, 1.807) is 0 Å². The van der Waals surface area contributed by atoms with Crippen LogP contribution in [0.3, 0.4) is 0 Å². The van der Waals surface area contributed by atoms with Crippen LogP contribution in [0.4, 0.5) is 0 Å². The predicted molar refractivity (Wildman–Crippen MR) is 63.0 cm³/mol. The number of allylic oxidation sites excluding steroid dienone is 1. The van der Waals surface area contributed by atoms with Crippen LogP contribution in [0.15, 0.2) is 11.6 Å². The molecule has 1 fully saturated rings. The lowest BCUT2D eigenvalue weighted by molar-refractivity contribution is -0.154.